The van der Waals surface area contributed by atoms with Crippen LogP contribution in [0.5, 0.6) is 0 Å². The Morgan fingerprint density at radius 3 is 2.06 bits per heavy atom. The van der Waals surface area contributed by atoms with Gasteiger partial charge in [0, 0.05) is 36.6 Å². The predicted molar refractivity (Wildman–Crippen MR) is 129 cm³/mol. The number of aliphatic hydroxyl groups is 1. The molecule has 33 heavy (non-hydrogen) atoms. The molecule has 1 aromatic rings. The minimum absolute atomic E-state index is 0.0195. The van der Waals surface area contributed by atoms with Crippen molar-refractivity contribution in [3.63, 3.8) is 0 Å². The number of halogens is 1. The van der Waals surface area contributed by atoms with Crippen LogP contribution in [0.15, 0.2) is 24.3 Å². The lowest BCUT2D eigenvalue weighted by Crippen LogP contribution is -2.44. The molecule has 8 nitrogen and oxygen atoms in total. The van der Waals surface area contributed by atoms with Gasteiger partial charge in [0.25, 0.3) is 5.91 Å². The molecule has 1 atom stereocenters. The molecule has 0 fully saturated rings. The number of esters is 2. The highest BCUT2D eigenvalue weighted by Gasteiger charge is 2.28. The summed E-state index contributed by atoms with van der Waals surface area (Å²) >= 11 is 5.82. The molecule has 0 saturated heterocycles. The molecule has 1 rings (SSSR count). The van der Waals surface area contributed by atoms with E-state index in [-0.39, 0.29) is 19.4 Å². The second kappa shape index (κ2) is 12.8. The number of anilines is 1. The van der Waals surface area contributed by atoms with Crippen LogP contribution in [0.3, 0.4) is 0 Å². The maximum atomic E-state index is 12.8. The number of carbonyl (C=O) groups excluding carboxylic acids is 3. The van der Waals surface area contributed by atoms with Crippen molar-refractivity contribution in [1.82, 2.24) is 5.32 Å². The van der Waals surface area contributed by atoms with Gasteiger partial charge in [0.1, 0.15) is 17.2 Å². The zero-order chi connectivity index (χ0) is 25.2. The smallest absolute Gasteiger partial charge is 0.329 e. The Hall–Kier alpha value is -2.32. The first-order valence-electron chi connectivity index (χ1n) is 11.0. The Labute approximate surface area is 201 Å². The highest BCUT2D eigenvalue weighted by molar-refractivity contribution is 6.18. The van der Waals surface area contributed by atoms with Crippen LogP contribution in [-0.2, 0) is 19.1 Å². The first-order valence-corrected chi connectivity index (χ1v) is 11.6. The lowest BCUT2D eigenvalue weighted by atomic mass is 10.1. The topological polar surface area (TPSA) is 105 Å². The zero-order valence-electron chi connectivity index (χ0n) is 20.4. The molecule has 186 valence electrons. The molecule has 0 bridgehead atoms. The molecule has 0 aliphatic rings. The van der Waals surface area contributed by atoms with Crippen LogP contribution in [0.25, 0.3) is 0 Å². The summed E-state index contributed by atoms with van der Waals surface area (Å²) in [7, 11) is 0. The summed E-state index contributed by atoms with van der Waals surface area (Å²) in [5.41, 5.74) is -0.224. The Balaban J connectivity index is 2.93. The van der Waals surface area contributed by atoms with Gasteiger partial charge in [0.2, 0.25) is 0 Å². The summed E-state index contributed by atoms with van der Waals surface area (Å²) in [4.78, 5) is 39.5. The van der Waals surface area contributed by atoms with E-state index in [1.165, 1.54) is 0 Å². The van der Waals surface area contributed by atoms with Gasteiger partial charge in [-0.1, -0.05) is 0 Å². The van der Waals surface area contributed by atoms with Gasteiger partial charge in [-0.2, -0.15) is 0 Å². The van der Waals surface area contributed by atoms with Gasteiger partial charge in [0.15, 0.2) is 0 Å². The lowest BCUT2D eigenvalue weighted by Gasteiger charge is -2.25. The van der Waals surface area contributed by atoms with Crippen molar-refractivity contribution in [2.24, 2.45) is 0 Å². The molecule has 0 aromatic heterocycles. The maximum absolute atomic E-state index is 12.8. The Morgan fingerprint density at radius 1 is 1.00 bits per heavy atom. The average Bonchev–Trinajstić information content (AvgIpc) is 2.68. The average molecular weight is 485 g/mol. The number of aliphatic hydroxyl groups excluding tert-OH is 1. The predicted octanol–water partition coefficient (Wildman–Crippen LogP) is 3.29. The third-order valence-corrected chi connectivity index (χ3v) is 4.44. The van der Waals surface area contributed by atoms with Crippen LogP contribution >= 0.6 is 11.6 Å². The fourth-order valence-corrected chi connectivity index (χ4v) is 3.14. The SMILES string of the molecule is CC(C)(C)OC(=O)CCC(NC(=O)c1ccc(N(CCO)CCCl)cc1)C(=O)OC(C)(C)C. The number of rotatable bonds is 11. The minimum Gasteiger partial charge on any atom is -0.460 e. The molecule has 0 radical (unpaired) electrons. The molecule has 0 heterocycles. The molecule has 0 spiro atoms. The molecule has 2 N–H and O–H groups in total. The monoisotopic (exact) mass is 484 g/mol. The molecule has 0 aliphatic heterocycles. The summed E-state index contributed by atoms with van der Waals surface area (Å²) < 4.78 is 10.7. The highest BCUT2D eigenvalue weighted by Crippen LogP contribution is 2.17. The molecule has 1 amide bonds. The van der Waals surface area contributed by atoms with E-state index < -0.39 is 35.1 Å². The van der Waals surface area contributed by atoms with E-state index in [0.29, 0.717) is 24.5 Å². The van der Waals surface area contributed by atoms with Crippen LogP contribution in [0, 0.1) is 0 Å². The van der Waals surface area contributed by atoms with Gasteiger partial charge in [-0.05, 0) is 72.2 Å². The molecule has 9 heteroatoms. The van der Waals surface area contributed by atoms with E-state index in [1.807, 2.05) is 4.90 Å². The summed E-state index contributed by atoms with van der Waals surface area (Å²) in [5, 5.41) is 11.9. The Bertz CT molecular complexity index is 778. The van der Waals surface area contributed by atoms with Crippen molar-refractivity contribution in [3.8, 4) is 0 Å². The summed E-state index contributed by atoms with van der Waals surface area (Å²) in [6.45, 7) is 11.4. The Morgan fingerprint density at radius 2 is 1.58 bits per heavy atom. The van der Waals surface area contributed by atoms with E-state index >= 15 is 0 Å². The van der Waals surface area contributed by atoms with Gasteiger partial charge in [-0.3, -0.25) is 9.59 Å². The highest BCUT2D eigenvalue weighted by atomic mass is 35.5. The number of carbonyl (C=O) groups is 3. The van der Waals surface area contributed by atoms with Crippen LogP contribution in [0.1, 0.15) is 64.7 Å². The first-order chi connectivity index (χ1) is 15.3. The number of ether oxygens (including phenoxy) is 2. The van der Waals surface area contributed by atoms with Crippen molar-refractivity contribution in [3.05, 3.63) is 29.8 Å². The summed E-state index contributed by atoms with van der Waals surface area (Å²) in [6, 6.07) is 5.75. The number of hydrogen-bond acceptors (Lipinski definition) is 7. The second-order valence-electron chi connectivity index (χ2n) is 9.63. The largest absolute Gasteiger partial charge is 0.460 e. The van der Waals surface area contributed by atoms with Crippen LogP contribution in [0.4, 0.5) is 5.69 Å². The number of hydrogen-bond donors (Lipinski definition) is 2. The summed E-state index contributed by atoms with van der Waals surface area (Å²) in [6.07, 6.45) is 0.00257. The molecular weight excluding hydrogens is 448 g/mol. The van der Waals surface area contributed by atoms with Crippen LogP contribution < -0.4 is 10.2 Å². The van der Waals surface area contributed by atoms with Crippen molar-refractivity contribution in [2.45, 2.75) is 71.6 Å². The molecule has 1 aromatic carbocycles. The number of benzene rings is 1. The first kappa shape index (κ1) is 28.7. The Kier molecular flexibility index (Phi) is 11.1. The van der Waals surface area contributed by atoms with Crippen molar-refractivity contribution in [1.29, 1.82) is 0 Å². The molecule has 1 unspecified atom stereocenters. The minimum atomic E-state index is -1.01. The van der Waals surface area contributed by atoms with Gasteiger partial charge >= 0.3 is 11.9 Å². The molecular formula is C24H37ClN2O6. The fourth-order valence-electron chi connectivity index (χ4n) is 2.93. The van der Waals surface area contributed by atoms with Crippen molar-refractivity contribution < 1.29 is 29.0 Å². The molecule has 0 saturated carbocycles. The maximum Gasteiger partial charge on any atom is 0.329 e. The van der Waals surface area contributed by atoms with E-state index in [0.717, 1.165) is 5.69 Å². The van der Waals surface area contributed by atoms with E-state index in [9.17, 15) is 19.5 Å². The number of nitrogens with zero attached hydrogens (tertiary/aromatic N) is 1. The normalized spacial score (nSPS) is 12.6. The van der Waals surface area contributed by atoms with E-state index in [1.54, 1.807) is 65.8 Å². The van der Waals surface area contributed by atoms with E-state index in [4.69, 9.17) is 21.1 Å². The van der Waals surface area contributed by atoms with Crippen molar-refractivity contribution in [2.75, 3.05) is 30.5 Å². The van der Waals surface area contributed by atoms with Gasteiger partial charge in [0.05, 0.1) is 6.61 Å². The fraction of sp³-hybridized carbons (Fsp3) is 0.625. The third-order valence-electron chi connectivity index (χ3n) is 4.27. The van der Waals surface area contributed by atoms with Gasteiger partial charge < -0.3 is 24.8 Å². The second-order valence-corrected chi connectivity index (χ2v) is 10.0. The quantitative estimate of drug-likeness (QED) is 0.366. The van der Waals surface area contributed by atoms with Crippen LogP contribution in [0.2, 0.25) is 0 Å². The van der Waals surface area contributed by atoms with Gasteiger partial charge in [-0.15, -0.1) is 11.6 Å². The van der Waals surface area contributed by atoms with Crippen molar-refractivity contribution >= 4 is 35.1 Å². The van der Waals surface area contributed by atoms with Crippen LogP contribution in [-0.4, -0.2) is 65.8 Å². The zero-order valence-corrected chi connectivity index (χ0v) is 21.2. The van der Waals surface area contributed by atoms with E-state index in [2.05, 4.69) is 5.32 Å². The third kappa shape index (κ3) is 11.4. The number of alkyl halides is 1. The standard InChI is InChI=1S/C24H37ClN2O6/c1-23(2,3)32-20(29)12-11-19(22(31)33-24(4,5)6)26-21(30)17-7-9-18(10-8-17)27(14-13-25)15-16-28/h7-10,19,28H,11-16H2,1-6H3,(H,26,30). The summed E-state index contributed by atoms with van der Waals surface area (Å²) in [5.74, 6) is -1.14. The molecule has 0 aliphatic carbocycles. The number of nitrogens with one attached hydrogen (secondary N) is 1. The van der Waals surface area contributed by atoms with Gasteiger partial charge in [-0.25, -0.2) is 4.79 Å². The lowest BCUT2D eigenvalue weighted by molar-refractivity contribution is -0.158. The number of amides is 1.